The van der Waals surface area contributed by atoms with Gasteiger partial charge in [0.2, 0.25) is 5.89 Å². The number of hydrogen-bond donors (Lipinski definition) is 0. The third kappa shape index (κ3) is 3.19. The smallest absolute Gasteiger partial charge is 0.233 e. The van der Waals surface area contributed by atoms with Crippen LogP contribution in [0.4, 0.5) is 0 Å². The number of nitrogens with zero attached hydrogens (tertiary/aromatic N) is 3. The molecule has 0 N–H and O–H groups in total. The van der Waals surface area contributed by atoms with Crippen molar-refractivity contribution in [1.82, 2.24) is 10.1 Å². The number of aryl methyl sites for hydroxylation is 1. The summed E-state index contributed by atoms with van der Waals surface area (Å²) in [6, 6.07) is 2.20. The highest BCUT2D eigenvalue weighted by molar-refractivity contribution is 6.04. The third-order valence-electron chi connectivity index (χ3n) is 12.8. The van der Waals surface area contributed by atoms with E-state index in [1.165, 1.54) is 0 Å². The number of ketones is 2. The van der Waals surface area contributed by atoms with Crippen molar-refractivity contribution in [2.45, 2.75) is 106 Å². The number of allylic oxidation sites excluding steroid dienone is 4. The highest BCUT2D eigenvalue weighted by atomic mass is 16.5. The summed E-state index contributed by atoms with van der Waals surface area (Å²) in [6.45, 7) is 17.4. The normalized spacial score (nSPS) is 44.1. The molecule has 0 spiro atoms. The molecular formula is C33H43N3O3. The zero-order valence-corrected chi connectivity index (χ0v) is 24.9. The van der Waals surface area contributed by atoms with E-state index in [9.17, 15) is 14.9 Å². The molecule has 3 fully saturated rings. The summed E-state index contributed by atoms with van der Waals surface area (Å²) >= 11 is 0. The van der Waals surface area contributed by atoms with Crippen molar-refractivity contribution < 1.29 is 14.1 Å². The van der Waals surface area contributed by atoms with Crippen LogP contribution in [0.5, 0.6) is 0 Å². The number of carbonyl (C=O) groups is 2. The highest BCUT2D eigenvalue weighted by Gasteiger charge is 2.70. The molecule has 6 nitrogen and oxygen atoms in total. The summed E-state index contributed by atoms with van der Waals surface area (Å²) in [6.07, 6.45) is 10.6. The molecule has 0 aliphatic heterocycles. The minimum atomic E-state index is -0.650. The maximum absolute atomic E-state index is 14.6. The first-order valence-corrected chi connectivity index (χ1v) is 14.8. The van der Waals surface area contributed by atoms with E-state index in [0.717, 1.165) is 56.4 Å². The average molecular weight is 530 g/mol. The Bertz CT molecular complexity index is 1390. The molecule has 0 bridgehead atoms. The number of fused-ring (bicyclic) bond motifs is 7. The van der Waals surface area contributed by atoms with Crippen molar-refractivity contribution in [3.8, 4) is 6.07 Å². The molecule has 7 atom stereocenters. The molecule has 5 aliphatic carbocycles. The summed E-state index contributed by atoms with van der Waals surface area (Å²) in [7, 11) is 0. The second kappa shape index (κ2) is 7.80. The van der Waals surface area contributed by atoms with Crippen molar-refractivity contribution in [3.05, 3.63) is 35.0 Å². The van der Waals surface area contributed by atoms with E-state index in [2.05, 4.69) is 45.8 Å². The van der Waals surface area contributed by atoms with E-state index in [0.29, 0.717) is 5.82 Å². The molecule has 1 heterocycles. The lowest BCUT2D eigenvalue weighted by atomic mass is 9.34. The van der Waals surface area contributed by atoms with Crippen LogP contribution < -0.4 is 0 Å². The Morgan fingerprint density at radius 3 is 2.33 bits per heavy atom. The van der Waals surface area contributed by atoms with Gasteiger partial charge in [-0.05, 0) is 86.0 Å². The quantitative estimate of drug-likeness (QED) is 0.395. The first-order valence-electron chi connectivity index (χ1n) is 14.8. The SMILES string of the molecule is Cc1noc([C@]23CCC(C)(C)CC2C2C(=O)C=C4[C@@]5(C)C=C(C#N)C(=O)C(C)(C)C5CC[C@@]4(C)[C@]2(C)CC3)n1. The number of Topliss-reactive ketones (excluding diaryl/α,β-unsaturated/α-hetero) is 1. The van der Waals surface area contributed by atoms with Gasteiger partial charge in [0.05, 0.1) is 11.0 Å². The summed E-state index contributed by atoms with van der Waals surface area (Å²) in [5, 5.41) is 14.1. The van der Waals surface area contributed by atoms with Gasteiger partial charge in [-0.25, -0.2) is 0 Å². The molecule has 0 saturated heterocycles. The fraction of sp³-hybridized carbons (Fsp3) is 0.727. The molecule has 3 saturated carbocycles. The van der Waals surface area contributed by atoms with Crippen LogP contribution in [0.25, 0.3) is 0 Å². The number of rotatable bonds is 1. The predicted octanol–water partition coefficient (Wildman–Crippen LogP) is 6.85. The van der Waals surface area contributed by atoms with Crippen LogP contribution in [0.3, 0.4) is 0 Å². The van der Waals surface area contributed by atoms with Gasteiger partial charge < -0.3 is 4.52 Å². The Morgan fingerprint density at radius 1 is 1.00 bits per heavy atom. The Labute approximate surface area is 232 Å². The van der Waals surface area contributed by atoms with Gasteiger partial charge in [0, 0.05) is 16.7 Å². The fourth-order valence-corrected chi connectivity index (χ4v) is 10.5. The van der Waals surface area contributed by atoms with E-state index >= 15 is 0 Å². The Morgan fingerprint density at radius 2 is 1.69 bits per heavy atom. The minimum absolute atomic E-state index is 0.0551. The second-order valence-electron chi connectivity index (χ2n) is 15.6. The highest BCUT2D eigenvalue weighted by Crippen LogP contribution is 2.74. The van der Waals surface area contributed by atoms with Crippen molar-refractivity contribution in [2.75, 3.05) is 0 Å². The molecular weight excluding hydrogens is 486 g/mol. The number of hydrogen-bond acceptors (Lipinski definition) is 6. The molecule has 5 aliphatic rings. The topological polar surface area (TPSA) is 96.9 Å². The number of nitriles is 1. The van der Waals surface area contributed by atoms with Gasteiger partial charge in [0.1, 0.15) is 6.07 Å². The van der Waals surface area contributed by atoms with Crippen LogP contribution in [0, 0.1) is 63.1 Å². The third-order valence-corrected chi connectivity index (χ3v) is 12.8. The van der Waals surface area contributed by atoms with Gasteiger partial charge in [-0.2, -0.15) is 10.2 Å². The molecule has 6 rings (SSSR count). The number of aromatic nitrogens is 2. The lowest BCUT2D eigenvalue weighted by Gasteiger charge is -2.68. The molecule has 0 aromatic carbocycles. The largest absolute Gasteiger partial charge is 0.339 e. The fourth-order valence-electron chi connectivity index (χ4n) is 10.5. The molecule has 1 aromatic rings. The van der Waals surface area contributed by atoms with Gasteiger partial charge >= 0.3 is 0 Å². The summed E-state index contributed by atoms with van der Waals surface area (Å²) in [5.74, 6) is 1.56. The van der Waals surface area contributed by atoms with Crippen LogP contribution in [-0.2, 0) is 15.0 Å². The summed E-state index contributed by atoms with van der Waals surface area (Å²) in [5.41, 5.74) is -0.382. The average Bonchev–Trinajstić information content (AvgIpc) is 3.29. The molecule has 39 heavy (non-hydrogen) atoms. The standard InChI is InChI=1S/C33H43N3O3/c1-19-35-27(39-36-19)33-13-11-28(2,3)17-21(33)25-22(37)15-24-30(6)16-20(18-34)26(38)29(4,5)23(30)9-10-31(24,7)32(25,8)12-14-33/h15-16,21,23,25H,9-14,17H2,1-8H3/t21?,23?,25?,30-,31+,32+,33-/m0/s1. The predicted molar refractivity (Wildman–Crippen MR) is 147 cm³/mol. The summed E-state index contributed by atoms with van der Waals surface area (Å²) < 4.78 is 5.90. The molecule has 1 aromatic heterocycles. The molecule has 3 unspecified atom stereocenters. The molecule has 208 valence electrons. The van der Waals surface area contributed by atoms with Crippen molar-refractivity contribution in [2.24, 2.45) is 44.8 Å². The van der Waals surface area contributed by atoms with Gasteiger partial charge in [-0.3, -0.25) is 9.59 Å². The van der Waals surface area contributed by atoms with Crippen LogP contribution in [0.2, 0.25) is 0 Å². The monoisotopic (exact) mass is 529 g/mol. The second-order valence-corrected chi connectivity index (χ2v) is 15.6. The zero-order chi connectivity index (χ0) is 28.4. The van der Waals surface area contributed by atoms with Crippen LogP contribution in [-0.4, -0.2) is 21.7 Å². The van der Waals surface area contributed by atoms with E-state index in [4.69, 9.17) is 9.51 Å². The van der Waals surface area contributed by atoms with Gasteiger partial charge in [-0.1, -0.05) is 65.3 Å². The molecule has 0 radical (unpaired) electrons. The number of carbonyl (C=O) groups excluding carboxylic acids is 2. The van der Waals surface area contributed by atoms with E-state index in [1.54, 1.807) is 0 Å². The van der Waals surface area contributed by atoms with Crippen LogP contribution >= 0.6 is 0 Å². The van der Waals surface area contributed by atoms with Gasteiger partial charge in [0.15, 0.2) is 17.4 Å². The Hall–Kier alpha value is -2.55. The van der Waals surface area contributed by atoms with Gasteiger partial charge in [-0.15, -0.1) is 0 Å². The summed E-state index contributed by atoms with van der Waals surface area (Å²) in [4.78, 5) is 32.6. The Balaban J connectivity index is 1.54. The van der Waals surface area contributed by atoms with Crippen LogP contribution in [0.1, 0.15) is 105 Å². The molecule has 6 heteroatoms. The van der Waals surface area contributed by atoms with E-state index in [1.807, 2.05) is 32.9 Å². The van der Waals surface area contributed by atoms with E-state index < -0.39 is 10.8 Å². The molecule has 0 amide bonds. The van der Waals surface area contributed by atoms with E-state index in [-0.39, 0.29) is 56.6 Å². The lowest BCUT2D eigenvalue weighted by molar-refractivity contribution is -0.161. The van der Waals surface area contributed by atoms with Crippen molar-refractivity contribution in [1.29, 1.82) is 5.26 Å². The zero-order valence-electron chi connectivity index (χ0n) is 24.9. The van der Waals surface area contributed by atoms with Gasteiger partial charge in [0.25, 0.3) is 0 Å². The maximum Gasteiger partial charge on any atom is 0.233 e. The first-order chi connectivity index (χ1) is 18.1. The minimum Gasteiger partial charge on any atom is -0.339 e. The van der Waals surface area contributed by atoms with Crippen LogP contribution in [0.15, 0.2) is 27.8 Å². The maximum atomic E-state index is 14.6. The van der Waals surface area contributed by atoms with Crippen molar-refractivity contribution in [3.63, 3.8) is 0 Å². The first kappa shape index (κ1) is 26.7. The Kier molecular flexibility index (Phi) is 5.33. The van der Waals surface area contributed by atoms with Crippen molar-refractivity contribution >= 4 is 11.6 Å². The lowest BCUT2D eigenvalue weighted by Crippen LogP contribution is -2.65.